The second kappa shape index (κ2) is 8.44. The highest BCUT2D eigenvalue weighted by atomic mass is 16.2. The van der Waals surface area contributed by atoms with E-state index in [-0.39, 0.29) is 24.0 Å². The molecule has 1 aliphatic heterocycles. The summed E-state index contributed by atoms with van der Waals surface area (Å²) in [5.41, 5.74) is 1.03. The van der Waals surface area contributed by atoms with Gasteiger partial charge in [0.05, 0.1) is 0 Å². The van der Waals surface area contributed by atoms with Crippen LogP contribution in [0.15, 0.2) is 48.7 Å². The maximum Gasteiger partial charge on any atom is 0.233 e. The number of benzene rings is 1. The highest BCUT2D eigenvalue weighted by Crippen LogP contribution is 2.14. The van der Waals surface area contributed by atoms with Gasteiger partial charge in [-0.3, -0.25) is 14.4 Å². The van der Waals surface area contributed by atoms with Crippen molar-refractivity contribution in [3.05, 3.63) is 54.2 Å². The summed E-state index contributed by atoms with van der Waals surface area (Å²) in [6, 6.07) is 12.4. The van der Waals surface area contributed by atoms with Gasteiger partial charge in [0.15, 0.2) is 5.78 Å². The van der Waals surface area contributed by atoms with E-state index >= 15 is 0 Å². The number of pyridine rings is 1. The molecule has 7 heteroatoms. The van der Waals surface area contributed by atoms with Crippen molar-refractivity contribution in [3.8, 4) is 0 Å². The molecular weight excluding hydrogens is 344 g/mol. The van der Waals surface area contributed by atoms with Gasteiger partial charge in [0.2, 0.25) is 11.8 Å². The predicted molar refractivity (Wildman–Crippen MR) is 103 cm³/mol. The zero-order valence-electron chi connectivity index (χ0n) is 15.2. The van der Waals surface area contributed by atoms with Crippen LogP contribution in [0.4, 0.5) is 11.5 Å². The molecule has 0 bridgehead atoms. The Balaban J connectivity index is 1.50. The summed E-state index contributed by atoms with van der Waals surface area (Å²) in [5.74, 6) is 0.240. The number of carbonyl (C=O) groups is 3. The third-order valence-electron chi connectivity index (χ3n) is 4.47. The molecule has 2 heterocycles. The lowest BCUT2D eigenvalue weighted by molar-refractivity contribution is -0.134. The number of hydrogen-bond acceptors (Lipinski definition) is 5. The standard InChI is InChI=1S/C20H22N4O3/c1-15(25)16-5-4-6-17(13-16)22-19(26)14-20(27)24-11-9-23(10-12-24)18-7-2-3-8-21-18/h2-8,13H,9-12,14H2,1H3,(H,22,26). The topological polar surface area (TPSA) is 82.6 Å². The van der Waals surface area contributed by atoms with E-state index in [1.54, 1.807) is 35.4 Å². The maximum atomic E-state index is 12.4. The van der Waals surface area contributed by atoms with Crippen molar-refractivity contribution >= 4 is 29.1 Å². The molecule has 1 aromatic carbocycles. The molecule has 7 nitrogen and oxygen atoms in total. The first-order valence-electron chi connectivity index (χ1n) is 8.87. The Hall–Kier alpha value is -3.22. The van der Waals surface area contributed by atoms with E-state index in [9.17, 15) is 14.4 Å². The number of ketones is 1. The lowest BCUT2D eigenvalue weighted by Gasteiger charge is -2.35. The van der Waals surface area contributed by atoms with Crippen LogP contribution in [0.1, 0.15) is 23.7 Å². The summed E-state index contributed by atoms with van der Waals surface area (Å²) >= 11 is 0. The monoisotopic (exact) mass is 366 g/mol. The molecule has 0 spiro atoms. The number of rotatable bonds is 5. The molecule has 2 amide bonds. The van der Waals surface area contributed by atoms with E-state index in [1.807, 2.05) is 18.2 Å². The van der Waals surface area contributed by atoms with Gasteiger partial charge in [-0.05, 0) is 31.2 Å². The Kier molecular flexibility index (Phi) is 5.80. The third-order valence-corrected chi connectivity index (χ3v) is 4.47. The zero-order valence-corrected chi connectivity index (χ0v) is 15.2. The fourth-order valence-electron chi connectivity index (χ4n) is 3.00. The summed E-state index contributed by atoms with van der Waals surface area (Å²) in [6.07, 6.45) is 1.53. The number of amides is 2. The first-order chi connectivity index (χ1) is 13.0. The Morgan fingerprint density at radius 2 is 1.81 bits per heavy atom. The molecule has 1 aromatic heterocycles. The molecule has 3 rings (SSSR count). The Labute approximate surface area is 158 Å². The minimum Gasteiger partial charge on any atom is -0.353 e. The molecule has 0 radical (unpaired) electrons. The Bertz CT molecular complexity index is 830. The first-order valence-corrected chi connectivity index (χ1v) is 8.87. The van der Waals surface area contributed by atoms with Crippen LogP contribution < -0.4 is 10.2 Å². The fourth-order valence-corrected chi connectivity index (χ4v) is 3.00. The van der Waals surface area contributed by atoms with Gasteiger partial charge in [-0.25, -0.2) is 4.98 Å². The maximum absolute atomic E-state index is 12.4. The number of carbonyl (C=O) groups excluding carboxylic acids is 3. The number of nitrogens with one attached hydrogen (secondary N) is 1. The summed E-state index contributed by atoms with van der Waals surface area (Å²) in [6.45, 7) is 3.95. The molecule has 0 saturated carbocycles. The average Bonchev–Trinajstić information content (AvgIpc) is 2.69. The van der Waals surface area contributed by atoms with Crippen LogP contribution in [-0.4, -0.2) is 53.7 Å². The van der Waals surface area contributed by atoms with E-state index < -0.39 is 0 Å². The molecular formula is C20H22N4O3. The first kappa shape index (κ1) is 18.6. The number of anilines is 2. The fraction of sp³-hybridized carbons (Fsp3) is 0.300. The van der Waals surface area contributed by atoms with E-state index in [2.05, 4.69) is 15.2 Å². The number of piperazine rings is 1. The van der Waals surface area contributed by atoms with Crippen molar-refractivity contribution in [2.75, 3.05) is 36.4 Å². The van der Waals surface area contributed by atoms with Gasteiger partial charge >= 0.3 is 0 Å². The lowest BCUT2D eigenvalue weighted by Crippen LogP contribution is -2.49. The second-order valence-corrected chi connectivity index (χ2v) is 6.42. The number of Topliss-reactive ketones (excluding diaryl/α,β-unsaturated/α-hetero) is 1. The smallest absolute Gasteiger partial charge is 0.233 e. The van der Waals surface area contributed by atoms with Gasteiger partial charge in [-0.1, -0.05) is 18.2 Å². The quantitative estimate of drug-likeness (QED) is 0.646. The summed E-state index contributed by atoms with van der Waals surface area (Å²) in [7, 11) is 0. The van der Waals surface area contributed by atoms with Gasteiger partial charge in [-0.2, -0.15) is 0 Å². The van der Waals surface area contributed by atoms with Crippen LogP contribution in [0.2, 0.25) is 0 Å². The van der Waals surface area contributed by atoms with Crippen molar-refractivity contribution in [1.82, 2.24) is 9.88 Å². The van der Waals surface area contributed by atoms with Gasteiger partial charge in [0.25, 0.3) is 0 Å². The lowest BCUT2D eigenvalue weighted by atomic mass is 10.1. The molecule has 2 aromatic rings. The molecule has 1 N–H and O–H groups in total. The summed E-state index contributed by atoms with van der Waals surface area (Å²) in [5, 5.41) is 2.68. The van der Waals surface area contributed by atoms with Crippen LogP contribution >= 0.6 is 0 Å². The molecule has 1 aliphatic rings. The minimum atomic E-state index is -0.382. The summed E-state index contributed by atoms with van der Waals surface area (Å²) in [4.78, 5) is 44.1. The zero-order chi connectivity index (χ0) is 19.2. The van der Waals surface area contributed by atoms with E-state index in [4.69, 9.17) is 0 Å². The Morgan fingerprint density at radius 1 is 1.04 bits per heavy atom. The van der Waals surface area contributed by atoms with Crippen LogP contribution in [0.3, 0.4) is 0 Å². The molecule has 0 atom stereocenters. The van der Waals surface area contributed by atoms with Gasteiger partial charge in [0.1, 0.15) is 12.2 Å². The average molecular weight is 366 g/mol. The SMILES string of the molecule is CC(=O)c1cccc(NC(=O)CC(=O)N2CCN(c3ccccn3)CC2)c1. The van der Waals surface area contributed by atoms with Crippen molar-refractivity contribution in [2.45, 2.75) is 13.3 Å². The molecule has 1 fully saturated rings. The summed E-state index contributed by atoms with van der Waals surface area (Å²) < 4.78 is 0. The Morgan fingerprint density at radius 3 is 2.48 bits per heavy atom. The second-order valence-electron chi connectivity index (χ2n) is 6.42. The van der Waals surface area contributed by atoms with E-state index in [0.717, 1.165) is 5.82 Å². The van der Waals surface area contributed by atoms with Gasteiger partial charge in [-0.15, -0.1) is 0 Å². The number of nitrogens with zero attached hydrogens (tertiary/aromatic N) is 3. The third kappa shape index (κ3) is 4.91. The van der Waals surface area contributed by atoms with E-state index in [1.165, 1.54) is 6.92 Å². The molecule has 140 valence electrons. The van der Waals surface area contributed by atoms with Gasteiger partial charge in [0, 0.05) is 43.6 Å². The minimum absolute atomic E-state index is 0.0760. The molecule has 27 heavy (non-hydrogen) atoms. The van der Waals surface area contributed by atoms with Crippen molar-refractivity contribution in [1.29, 1.82) is 0 Å². The van der Waals surface area contributed by atoms with Crippen molar-refractivity contribution in [2.24, 2.45) is 0 Å². The van der Waals surface area contributed by atoms with E-state index in [0.29, 0.717) is 37.4 Å². The normalized spacial score (nSPS) is 14.0. The van der Waals surface area contributed by atoms with Crippen molar-refractivity contribution in [3.63, 3.8) is 0 Å². The highest BCUT2D eigenvalue weighted by molar-refractivity contribution is 6.04. The number of aromatic nitrogens is 1. The van der Waals surface area contributed by atoms with Crippen LogP contribution in [0.5, 0.6) is 0 Å². The molecule has 1 saturated heterocycles. The predicted octanol–water partition coefficient (Wildman–Crippen LogP) is 1.96. The highest BCUT2D eigenvalue weighted by Gasteiger charge is 2.23. The van der Waals surface area contributed by atoms with Crippen molar-refractivity contribution < 1.29 is 14.4 Å². The van der Waals surface area contributed by atoms with Crippen LogP contribution in [-0.2, 0) is 9.59 Å². The number of hydrogen-bond donors (Lipinski definition) is 1. The van der Waals surface area contributed by atoms with Crippen LogP contribution in [0, 0.1) is 0 Å². The van der Waals surface area contributed by atoms with Crippen LogP contribution in [0.25, 0.3) is 0 Å². The molecule has 0 aliphatic carbocycles. The molecule has 0 unspecified atom stereocenters. The van der Waals surface area contributed by atoms with Gasteiger partial charge < -0.3 is 15.1 Å². The largest absolute Gasteiger partial charge is 0.353 e.